The second-order valence-electron chi connectivity index (χ2n) is 3.73. The van der Waals surface area contributed by atoms with Crippen LogP contribution in [0.4, 0.5) is 0 Å². The number of nitrogens with zero attached hydrogens (tertiary/aromatic N) is 2. The third-order valence-electron chi connectivity index (χ3n) is 2.70. The Kier molecular flexibility index (Phi) is 2.73. The molecule has 5 nitrogen and oxygen atoms in total. The molecule has 1 atom stereocenters. The lowest BCUT2D eigenvalue weighted by molar-refractivity contribution is -0.142. The van der Waals surface area contributed by atoms with E-state index < -0.39 is 12.0 Å². The van der Waals surface area contributed by atoms with Crippen molar-refractivity contribution < 1.29 is 9.53 Å². The molecule has 2 N–H and O–H groups in total. The molecule has 0 radical (unpaired) electrons. The van der Waals surface area contributed by atoms with Gasteiger partial charge in [0.1, 0.15) is 11.9 Å². The predicted molar refractivity (Wildman–Crippen MR) is 54.1 cm³/mol. The molecule has 2 heterocycles. The Morgan fingerprint density at radius 3 is 3.13 bits per heavy atom. The number of carbonyl (C=O) groups is 1. The Morgan fingerprint density at radius 2 is 2.47 bits per heavy atom. The third kappa shape index (κ3) is 1.87. The van der Waals surface area contributed by atoms with Crippen LogP contribution in [-0.4, -0.2) is 22.6 Å². The number of aromatic nitrogens is 2. The van der Waals surface area contributed by atoms with Crippen molar-refractivity contribution in [3.63, 3.8) is 0 Å². The van der Waals surface area contributed by atoms with Crippen LogP contribution < -0.4 is 5.73 Å². The van der Waals surface area contributed by atoms with Crippen LogP contribution in [0, 0.1) is 0 Å². The highest BCUT2D eigenvalue weighted by Gasteiger charge is 2.21. The third-order valence-corrected chi connectivity index (χ3v) is 2.70. The van der Waals surface area contributed by atoms with E-state index in [0.29, 0.717) is 5.69 Å². The first-order chi connectivity index (χ1) is 7.22. The minimum absolute atomic E-state index is 0.439. The summed E-state index contributed by atoms with van der Waals surface area (Å²) in [5.41, 5.74) is 6.32. The van der Waals surface area contributed by atoms with E-state index in [2.05, 4.69) is 14.3 Å². The molecule has 0 saturated carbocycles. The number of fused-ring (bicyclic) bond motifs is 1. The first-order valence-electron chi connectivity index (χ1n) is 5.11. The number of aryl methyl sites for hydroxylation is 2. The van der Waals surface area contributed by atoms with Gasteiger partial charge in [-0.1, -0.05) is 0 Å². The van der Waals surface area contributed by atoms with Crippen LogP contribution in [0.1, 0.15) is 30.4 Å². The van der Waals surface area contributed by atoms with Crippen molar-refractivity contribution in [1.29, 1.82) is 0 Å². The van der Waals surface area contributed by atoms with Crippen LogP contribution in [0.2, 0.25) is 0 Å². The summed E-state index contributed by atoms with van der Waals surface area (Å²) in [5, 5.41) is 0. The Morgan fingerprint density at radius 1 is 1.67 bits per heavy atom. The summed E-state index contributed by atoms with van der Waals surface area (Å²) in [6.45, 7) is 0.968. The smallest absolute Gasteiger partial charge is 0.328 e. The molecule has 0 bridgehead atoms. The number of nitrogens with two attached hydrogens (primary N) is 1. The largest absolute Gasteiger partial charge is 0.468 e. The van der Waals surface area contributed by atoms with Crippen LogP contribution in [0.25, 0.3) is 0 Å². The molecule has 1 aromatic rings. The van der Waals surface area contributed by atoms with Gasteiger partial charge >= 0.3 is 5.97 Å². The zero-order valence-corrected chi connectivity index (χ0v) is 8.77. The highest BCUT2D eigenvalue weighted by molar-refractivity contribution is 5.76. The zero-order chi connectivity index (χ0) is 10.8. The molecule has 1 aromatic heterocycles. The van der Waals surface area contributed by atoms with Gasteiger partial charge in [-0.05, 0) is 12.8 Å². The Bertz CT molecular complexity index is 349. The summed E-state index contributed by atoms with van der Waals surface area (Å²) in [6, 6.07) is -0.756. The van der Waals surface area contributed by atoms with E-state index in [1.165, 1.54) is 7.11 Å². The maximum absolute atomic E-state index is 11.2. The van der Waals surface area contributed by atoms with Gasteiger partial charge in [-0.3, -0.25) is 0 Å². The number of imidazole rings is 1. The average molecular weight is 209 g/mol. The number of rotatable bonds is 2. The topological polar surface area (TPSA) is 70.1 Å². The van der Waals surface area contributed by atoms with Gasteiger partial charge in [-0.25, -0.2) is 9.78 Å². The lowest BCUT2D eigenvalue weighted by atomic mass is 10.2. The number of methoxy groups -OCH3 is 1. The van der Waals surface area contributed by atoms with Crippen molar-refractivity contribution in [1.82, 2.24) is 9.55 Å². The van der Waals surface area contributed by atoms with Gasteiger partial charge in [0.15, 0.2) is 0 Å². The SMILES string of the molecule is COC(=O)C(N)c1cn2c(n1)CCCC2. The second kappa shape index (κ2) is 4.02. The van der Waals surface area contributed by atoms with Gasteiger partial charge in [-0.2, -0.15) is 0 Å². The van der Waals surface area contributed by atoms with E-state index in [1.54, 1.807) is 0 Å². The Balaban J connectivity index is 2.22. The van der Waals surface area contributed by atoms with E-state index in [9.17, 15) is 4.79 Å². The fourth-order valence-corrected chi connectivity index (χ4v) is 1.83. The fourth-order valence-electron chi connectivity index (χ4n) is 1.83. The molecule has 1 unspecified atom stereocenters. The van der Waals surface area contributed by atoms with E-state index >= 15 is 0 Å². The van der Waals surface area contributed by atoms with Crippen molar-refractivity contribution in [3.8, 4) is 0 Å². The van der Waals surface area contributed by atoms with Gasteiger partial charge in [-0.15, -0.1) is 0 Å². The van der Waals surface area contributed by atoms with Crippen LogP contribution in [0.3, 0.4) is 0 Å². The number of ether oxygens (including phenoxy) is 1. The maximum atomic E-state index is 11.2. The van der Waals surface area contributed by atoms with Crippen LogP contribution >= 0.6 is 0 Å². The number of hydrogen-bond acceptors (Lipinski definition) is 4. The summed E-state index contributed by atoms with van der Waals surface area (Å²) < 4.78 is 6.66. The summed E-state index contributed by atoms with van der Waals surface area (Å²) in [7, 11) is 1.33. The van der Waals surface area contributed by atoms with Gasteiger partial charge in [0.25, 0.3) is 0 Å². The lowest BCUT2D eigenvalue weighted by Crippen LogP contribution is -2.22. The number of esters is 1. The molecule has 0 amide bonds. The standard InChI is InChI=1S/C10H15N3O2/c1-15-10(14)9(11)7-6-13-5-3-2-4-8(13)12-7/h6,9H,2-5,11H2,1H3. The molecule has 0 spiro atoms. The zero-order valence-electron chi connectivity index (χ0n) is 8.77. The van der Waals surface area contributed by atoms with Gasteiger partial charge in [0.05, 0.1) is 12.8 Å². The van der Waals surface area contributed by atoms with E-state index in [-0.39, 0.29) is 0 Å². The molecule has 0 fully saturated rings. The predicted octanol–water partition coefficient (Wildman–Crippen LogP) is 0.392. The minimum atomic E-state index is -0.756. The molecule has 82 valence electrons. The molecule has 0 aliphatic carbocycles. The first kappa shape index (κ1) is 10.2. The second-order valence-corrected chi connectivity index (χ2v) is 3.73. The average Bonchev–Trinajstić information content (AvgIpc) is 2.70. The van der Waals surface area contributed by atoms with Gasteiger partial charge < -0.3 is 15.0 Å². The minimum Gasteiger partial charge on any atom is -0.468 e. The molecule has 0 saturated heterocycles. The molecule has 2 rings (SSSR count). The molecule has 1 aliphatic rings. The van der Waals surface area contributed by atoms with Gasteiger partial charge in [0, 0.05) is 19.2 Å². The highest BCUT2D eigenvalue weighted by Crippen LogP contribution is 2.18. The van der Waals surface area contributed by atoms with Crippen LogP contribution in [0.15, 0.2) is 6.20 Å². The summed E-state index contributed by atoms with van der Waals surface area (Å²) in [6.07, 6.45) is 5.14. The van der Waals surface area contributed by atoms with E-state index in [1.807, 2.05) is 6.20 Å². The number of carbonyl (C=O) groups excluding carboxylic acids is 1. The van der Waals surface area contributed by atoms with Gasteiger partial charge in [0.2, 0.25) is 0 Å². The molecular weight excluding hydrogens is 194 g/mol. The lowest BCUT2D eigenvalue weighted by Gasteiger charge is -2.11. The normalized spacial score (nSPS) is 16.9. The van der Waals surface area contributed by atoms with Crippen molar-refractivity contribution in [2.45, 2.75) is 31.8 Å². The van der Waals surface area contributed by atoms with Crippen molar-refractivity contribution >= 4 is 5.97 Å². The fraction of sp³-hybridized carbons (Fsp3) is 0.600. The van der Waals surface area contributed by atoms with E-state index in [4.69, 9.17) is 5.73 Å². The summed E-state index contributed by atoms with van der Waals surface area (Å²) in [4.78, 5) is 15.6. The Hall–Kier alpha value is -1.36. The molecule has 1 aliphatic heterocycles. The monoisotopic (exact) mass is 209 g/mol. The van der Waals surface area contributed by atoms with Crippen molar-refractivity contribution in [2.24, 2.45) is 5.73 Å². The van der Waals surface area contributed by atoms with E-state index in [0.717, 1.165) is 31.6 Å². The van der Waals surface area contributed by atoms with Crippen molar-refractivity contribution in [3.05, 3.63) is 17.7 Å². The molecule has 0 aromatic carbocycles. The number of hydrogen-bond donors (Lipinski definition) is 1. The highest BCUT2D eigenvalue weighted by atomic mass is 16.5. The molecular formula is C10H15N3O2. The molecule has 15 heavy (non-hydrogen) atoms. The van der Waals surface area contributed by atoms with Crippen molar-refractivity contribution in [2.75, 3.05) is 7.11 Å². The Labute approximate surface area is 88.2 Å². The quantitative estimate of drug-likeness (QED) is 0.715. The summed E-state index contributed by atoms with van der Waals surface area (Å²) in [5.74, 6) is 0.584. The maximum Gasteiger partial charge on any atom is 0.328 e. The summed E-state index contributed by atoms with van der Waals surface area (Å²) >= 11 is 0. The first-order valence-corrected chi connectivity index (χ1v) is 5.11. The molecule has 5 heteroatoms. The van der Waals surface area contributed by atoms with Crippen LogP contribution in [-0.2, 0) is 22.5 Å². The van der Waals surface area contributed by atoms with Crippen LogP contribution in [0.5, 0.6) is 0 Å².